The van der Waals surface area contributed by atoms with Crippen LogP contribution >= 0.6 is 0 Å². The molecule has 9 nitrogen and oxygen atoms in total. The Morgan fingerprint density at radius 1 is 1.28 bits per heavy atom. The molecule has 166 valence electrons. The van der Waals surface area contributed by atoms with E-state index in [9.17, 15) is 25.0 Å². The number of hydrogen-bond acceptors (Lipinski definition) is 7. The minimum atomic E-state index is -1.09. The molecule has 0 bridgehead atoms. The second-order valence-corrected chi connectivity index (χ2v) is 7.72. The lowest BCUT2D eigenvalue weighted by Gasteiger charge is -2.27. The number of nitrogens with one attached hydrogen (secondary N) is 1. The molecule has 0 aliphatic carbocycles. The van der Waals surface area contributed by atoms with Gasteiger partial charge < -0.3 is 20.2 Å². The van der Waals surface area contributed by atoms with E-state index in [1.54, 1.807) is 0 Å². The summed E-state index contributed by atoms with van der Waals surface area (Å²) >= 11 is 0. The Morgan fingerprint density at radius 2 is 1.97 bits per heavy atom. The summed E-state index contributed by atoms with van der Waals surface area (Å²) in [5.41, 5.74) is 0.349. The van der Waals surface area contributed by atoms with Gasteiger partial charge in [0.05, 0.1) is 25.9 Å². The zero-order valence-electron chi connectivity index (χ0n) is 17.8. The number of nitrogens with zero attached hydrogens (tertiary/aromatic N) is 2. The quantitative estimate of drug-likeness (QED) is 0.282. The predicted octanol–water partition coefficient (Wildman–Crippen LogP) is 1.18. The standard InChI is InChI=1S/C20H35N3O6/c1-14(2)6-5-7-15(3)8-9-22(28)11-17(12-24)29-18(13-25)23-10-16(4)19(26)21-20(23)27/h6,10,15,17-18,24-25,28H,5,7-9,11-13H2,1-4H3,(H,21,26,27). The Morgan fingerprint density at radius 3 is 2.55 bits per heavy atom. The maximum atomic E-state index is 12.0. The average molecular weight is 414 g/mol. The van der Waals surface area contributed by atoms with E-state index in [1.165, 1.54) is 18.7 Å². The van der Waals surface area contributed by atoms with E-state index in [0.29, 0.717) is 12.5 Å². The first-order chi connectivity index (χ1) is 13.7. The first-order valence-electron chi connectivity index (χ1n) is 9.94. The maximum absolute atomic E-state index is 12.0. The SMILES string of the molecule is CC(C)=CCCC(C)CCN(O)CC(CO)OC(CO)n1cc(C)c(=O)[nH]c1=O. The minimum absolute atomic E-state index is 0.0186. The molecule has 0 fully saturated rings. The Labute approximate surface area is 171 Å². The first kappa shape index (κ1) is 25.3. The topological polar surface area (TPSA) is 128 Å². The second-order valence-electron chi connectivity index (χ2n) is 7.72. The third-order valence-electron chi connectivity index (χ3n) is 4.67. The summed E-state index contributed by atoms with van der Waals surface area (Å²) in [6.45, 7) is 7.28. The van der Waals surface area contributed by atoms with Crippen molar-refractivity contribution >= 4 is 0 Å². The normalized spacial score (nSPS) is 14.6. The van der Waals surface area contributed by atoms with E-state index in [4.69, 9.17) is 4.74 Å². The second kappa shape index (κ2) is 12.7. The summed E-state index contributed by atoms with van der Waals surface area (Å²) in [6, 6.07) is 0. The van der Waals surface area contributed by atoms with Crippen molar-refractivity contribution < 1.29 is 20.2 Å². The van der Waals surface area contributed by atoms with Crippen LogP contribution < -0.4 is 11.2 Å². The highest BCUT2D eigenvalue weighted by atomic mass is 16.5. The molecule has 0 saturated heterocycles. The van der Waals surface area contributed by atoms with Gasteiger partial charge in [-0.2, -0.15) is 5.06 Å². The van der Waals surface area contributed by atoms with Crippen LogP contribution in [0.15, 0.2) is 27.4 Å². The summed E-state index contributed by atoms with van der Waals surface area (Å²) in [5, 5.41) is 30.4. The van der Waals surface area contributed by atoms with Gasteiger partial charge in [0.1, 0.15) is 0 Å². The molecule has 3 atom stereocenters. The van der Waals surface area contributed by atoms with Crippen LogP contribution in [-0.2, 0) is 4.74 Å². The number of hydroxylamine groups is 2. The zero-order chi connectivity index (χ0) is 22.0. The molecule has 1 aromatic rings. The largest absolute Gasteiger partial charge is 0.394 e. The van der Waals surface area contributed by atoms with Gasteiger partial charge in [0, 0.05) is 18.3 Å². The molecule has 0 spiro atoms. The third kappa shape index (κ3) is 9.05. The number of hydrogen-bond donors (Lipinski definition) is 4. The van der Waals surface area contributed by atoms with Gasteiger partial charge in [-0.15, -0.1) is 0 Å². The summed E-state index contributed by atoms with van der Waals surface area (Å²) in [7, 11) is 0. The van der Waals surface area contributed by atoms with E-state index in [0.717, 1.165) is 28.9 Å². The summed E-state index contributed by atoms with van der Waals surface area (Å²) in [5.74, 6) is 0.432. The van der Waals surface area contributed by atoms with Crippen molar-refractivity contribution in [1.82, 2.24) is 14.6 Å². The molecule has 1 aromatic heterocycles. The zero-order valence-corrected chi connectivity index (χ0v) is 17.8. The van der Waals surface area contributed by atoms with Crippen molar-refractivity contribution in [1.29, 1.82) is 0 Å². The number of H-pyrrole nitrogens is 1. The van der Waals surface area contributed by atoms with Crippen LogP contribution in [0.5, 0.6) is 0 Å². The lowest BCUT2D eigenvalue weighted by molar-refractivity contribution is -0.161. The van der Waals surface area contributed by atoms with Gasteiger partial charge in [-0.3, -0.25) is 14.3 Å². The van der Waals surface area contributed by atoms with Crippen molar-refractivity contribution in [3.8, 4) is 0 Å². The maximum Gasteiger partial charge on any atom is 0.330 e. The molecular weight excluding hydrogens is 378 g/mol. The lowest BCUT2D eigenvalue weighted by Crippen LogP contribution is -2.41. The molecular formula is C20H35N3O6. The van der Waals surface area contributed by atoms with E-state index in [-0.39, 0.29) is 12.1 Å². The Balaban J connectivity index is 2.61. The Hall–Kier alpha value is -1.78. The van der Waals surface area contributed by atoms with Crippen molar-refractivity contribution in [2.45, 2.75) is 59.3 Å². The number of aromatic amines is 1. The number of aromatic nitrogens is 2. The first-order valence-corrected chi connectivity index (χ1v) is 9.94. The Kier molecular flexibility index (Phi) is 11.1. The highest BCUT2D eigenvalue weighted by Crippen LogP contribution is 2.14. The number of allylic oxidation sites excluding steroid dienone is 2. The van der Waals surface area contributed by atoms with Crippen LogP contribution in [0.4, 0.5) is 0 Å². The molecule has 1 rings (SSSR count). The molecule has 9 heteroatoms. The molecule has 0 amide bonds. The van der Waals surface area contributed by atoms with Gasteiger partial charge in [0.15, 0.2) is 6.23 Å². The molecule has 0 aliphatic heterocycles. The molecule has 1 heterocycles. The van der Waals surface area contributed by atoms with Crippen molar-refractivity contribution in [3.05, 3.63) is 44.2 Å². The van der Waals surface area contributed by atoms with Crippen LogP contribution in [0.3, 0.4) is 0 Å². The fourth-order valence-corrected chi connectivity index (χ4v) is 2.86. The smallest absolute Gasteiger partial charge is 0.330 e. The number of ether oxygens (including phenoxy) is 1. The van der Waals surface area contributed by atoms with E-state index >= 15 is 0 Å². The Bertz CT molecular complexity index is 753. The van der Waals surface area contributed by atoms with Crippen LogP contribution in [0.25, 0.3) is 0 Å². The van der Waals surface area contributed by atoms with Crippen molar-refractivity contribution in [2.24, 2.45) is 5.92 Å². The van der Waals surface area contributed by atoms with Crippen LogP contribution in [0.1, 0.15) is 51.8 Å². The lowest BCUT2D eigenvalue weighted by atomic mass is 10.0. The molecule has 4 N–H and O–H groups in total. The van der Waals surface area contributed by atoms with Crippen molar-refractivity contribution in [2.75, 3.05) is 26.3 Å². The van der Waals surface area contributed by atoms with Gasteiger partial charge in [0.25, 0.3) is 5.56 Å². The summed E-state index contributed by atoms with van der Waals surface area (Å²) in [6.07, 6.45) is 4.39. The highest BCUT2D eigenvalue weighted by molar-refractivity contribution is 5.01. The molecule has 0 aromatic carbocycles. The minimum Gasteiger partial charge on any atom is -0.394 e. The number of rotatable bonds is 13. The van der Waals surface area contributed by atoms with Gasteiger partial charge in [-0.05, 0) is 46.0 Å². The van der Waals surface area contributed by atoms with Crippen LogP contribution in [-0.4, -0.2) is 62.4 Å². The van der Waals surface area contributed by atoms with Gasteiger partial charge in [-0.25, -0.2) is 4.79 Å². The summed E-state index contributed by atoms with van der Waals surface area (Å²) in [4.78, 5) is 25.6. The van der Waals surface area contributed by atoms with Gasteiger partial charge in [0.2, 0.25) is 0 Å². The van der Waals surface area contributed by atoms with E-state index < -0.39 is 36.8 Å². The van der Waals surface area contributed by atoms with Crippen LogP contribution in [0.2, 0.25) is 0 Å². The fourth-order valence-electron chi connectivity index (χ4n) is 2.86. The molecule has 0 aliphatic rings. The highest BCUT2D eigenvalue weighted by Gasteiger charge is 2.21. The monoisotopic (exact) mass is 413 g/mol. The third-order valence-corrected chi connectivity index (χ3v) is 4.67. The van der Waals surface area contributed by atoms with Crippen LogP contribution in [0, 0.1) is 12.8 Å². The molecule has 0 radical (unpaired) electrons. The van der Waals surface area contributed by atoms with E-state index in [1.807, 2.05) is 0 Å². The number of aliphatic hydroxyl groups is 2. The fraction of sp³-hybridized carbons (Fsp3) is 0.700. The molecule has 3 unspecified atom stereocenters. The van der Waals surface area contributed by atoms with Gasteiger partial charge in [-0.1, -0.05) is 18.6 Å². The molecule has 29 heavy (non-hydrogen) atoms. The number of aryl methyl sites for hydroxylation is 1. The van der Waals surface area contributed by atoms with E-state index in [2.05, 4.69) is 31.8 Å². The van der Waals surface area contributed by atoms with Crippen molar-refractivity contribution in [3.63, 3.8) is 0 Å². The van der Waals surface area contributed by atoms with Gasteiger partial charge >= 0.3 is 5.69 Å². The molecule has 0 saturated carbocycles. The average Bonchev–Trinajstić information content (AvgIpc) is 2.66. The summed E-state index contributed by atoms with van der Waals surface area (Å²) < 4.78 is 6.67. The predicted molar refractivity (Wildman–Crippen MR) is 110 cm³/mol. The number of aliphatic hydroxyl groups excluding tert-OH is 2.